The van der Waals surface area contributed by atoms with E-state index in [4.69, 9.17) is 10.2 Å². The summed E-state index contributed by atoms with van der Waals surface area (Å²) in [6.45, 7) is -0.129. The number of halogens is 1. The lowest BCUT2D eigenvalue weighted by Gasteiger charge is -2.04. The first kappa shape index (κ1) is 10.0. The molecule has 0 saturated carbocycles. The minimum atomic E-state index is -1.12. The molecule has 0 atom stereocenters. The van der Waals surface area contributed by atoms with Crippen molar-refractivity contribution in [2.24, 2.45) is 0 Å². The van der Waals surface area contributed by atoms with Crippen molar-refractivity contribution in [2.45, 2.75) is 6.61 Å². The van der Waals surface area contributed by atoms with Crippen molar-refractivity contribution in [1.29, 1.82) is 0 Å². The van der Waals surface area contributed by atoms with E-state index in [-0.39, 0.29) is 6.61 Å². The highest BCUT2D eigenvalue weighted by atomic mass is 79.9. The van der Waals surface area contributed by atoms with Crippen LogP contribution in [-0.4, -0.2) is 16.3 Å². The lowest BCUT2D eigenvalue weighted by Crippen LogP contribution is -2.07. The number of hydrogen-bond acceptors (Lipinski definition) is 2. The zero-order valence-electron chi connectivity index (χ0n) is 6.62. The van der Waals surface area contributed by atoms with Crippen molar-refractivity contribution in [3.8, 4) is 0 Å². The topological polar surface area (TPSA) is 69.6 Å². The summed E-state index contributed by atoms with van der Waals surface area (Å²) in [5.74, 6) is 0. The highest BCUT2D eigenvalue weighted by molar-refractivity contribution is 9.10. The Kier molecular flexibility index (Phi) is 3.27. The molecular weight excluding hydrogens is 238 g/mol. The molecule has 0 saturated heterocycles. The number of hydrogen-bond donors (Lipinski definition) is 3. The number of carbonyl (C=O) groups is 1. The van der Waals surface area contributed by atoms with Crippen LogP contribution < -0.4 is 5.32 Å². The molecule has 4 nitrogen and oxygen atoms in total. The maximum absolute atomic E-state index is 10.3. The molecule has 0 spiro atoms. The Balaban J connectivity index is 2.92. The van der Waals surface area contributed by atoms with Gasteiger partial charge in [0.15, 0.2) is 0 Å². The monoisotopic (exact) mass is 245 g/mol. The zero-order valence-corrected chi connectivity index (χ0v) is 8.21. The predicted molar refractivity (Wildman–Crippen MR) is 51.7 cm³/mol. The Morgan fingerprint density at radius 2 is 2.23 bits per heavy atom. The van der Waals surface area contributed by atoms with Gasteiger partial charge in [-0.25, -0.2) is 4.79 Å². The van der Waals surface area contributed by atoms with E-state index in [0.29, 0.717) is 11.3 Å². The third kappa shape index (κ3) is 2.71. The summed E-state index contributed by atoms with van der Waals surface area (Å²) in [6, 6.07) is 4.85. The van der Waals surface area contributed by atoms with Crippen molar-refractivity contribution in [1.82, 2.24) is 0 Å². The van der Waals surface area contributed by atoms with Gasteiger partial charge >= 0.3 is 6.09 Å². The molecule has 1 rings (SSSR count). The fourth-order valence-electron chi connectivity index (χ4n) is 0.897. The summed E-state index contributed by atoms with van der Waals surface area (Å²) in [5.41, 5.74) is 1.09. The van der Waals surface area contributed by atoms with Crippen LogP contribution in [0.5, 0.6) is 0 Å². The van der Waals surface area contributed by atoms with Crippen molar-refractivity contribution in [3.05, 3.63) is 28.2 Å². The molecule has 0 aliphatic carbocycles. The van der Waals surface area contributed by atoms with E-state index in [1.807, 2.05) is 0 Å². The van der Waals surface area contributed by atoms with Crippen LogP contribution in [0.15, 0.2) is 22.7 Å². The van der Waals surface area contributed by atoms with Crippen LogP contribution in [0.2, 0.25) is 0 Å². The van der Waals surface area contributed by atoms with Crippen LogP contribution in [0.1, 0.15) is 5.56 Å². The molecule has 13 heavy (non-hydrogen) atoms. The van der Waals surface area contributed by atoms with Crippen LogP contribution in [0.25, 0.3) is 0 Å². The minimum absolute atomic E-state index is 0.129. The lowest BCUT2D eigenvalue weighted by molar-refractivity contribution is 0.209. The Morgan fingerprint density at radius 1 is 1.54 bits per heavy atom. The van der Waals surface area contributed by atoms with E-state index in [0.717, 1.165) is 4.47 Å². The second kappa shape index (κ2) is 4.25. The highest BCUT2D eigenvalue weighted by Gasteiger charge is 2.02. The van der Waals surface area contributed by atoms with E-state index in [2.05, 4.69) is 21.2 Å². The van der Waals surface area contributed by atoms with Gasteiger partial charge in [-0.05, 0) is 23.8 Å². The average molecular weight is 246 g/mol. The molecular formula is C8H8BrNO3. The van der Waals surface area contributed by atoms with Gasteiger partial charge in [-0.15, -0.1) is 0 Å². The van der Waals surface area contributed by atoms with Crippen molar-refractivity contribution < 1.29 is 15.0 Å². The van der Waals surface area contributed by atoms with Gasteiger partial charge < -0.3 is 10.2 Å². The summed E-state index contributed by atoms with van der Waals surface area (Å²) in [7, 11) is 0. The number of nitrogens with one attached hydrogen (secondary N) is 1. The number of anilines is 1. The molecule has 0 bridgehead atoms. The van der Waals surface area contributed by atoms with Gasteiger partial charge in [-0.2, -0.15) is 0 Å². The summed E-state index contributed by atoms with van der Waals surface area (Å²) < 4.78 is 0.755. The molecule has 1 aromatic rings. The van der Waals surface area contributed by atoms with Gasteiger partial charge in [0.25, 0.3) is 0 Å². The third-order valence-electron chi connectivity index (χ3n) is 1.47. The first-order valence-electron chi connectivity index (χ1n) is 3.52. The zero-order chi connectivity index (χ0) is 9.84. The third-order valence-corrected chi connectivity index (χ3v) is 2.24. The number of aliphatic hydroxyl groups excluding tert-OH is 1. The summed E-state index contributed by atoms with van der Waals surface area (Å²) in [6.07, 6.45) is -1.12. The fraction of sp³-hybridized carbons (Fsp3) is 0.125. The van der Waals surface area contributed by atoms with E-state index < -0.39 is 6.09 Å². The SMILES string of the molecule is O=C(O)Nc1ccc(Br)c(CO)c1. The molecule has 0 aliphatic heterocycles. The molecule has 3 N–H and O–H groups in total. The van der Waals surface area contributed by atoms with Crippen molar-refractivity contribution in [2.75, 3.05) is 5.32 Å². The van der Waals surface area contributed by atoms with Crippen LogP contribution in [0.3, 0.4) is 0 Å². The van der Waals surface area contributed by atoms with Crippen LogP contribution >= 0.6 is 15.9 Å². The predicted octanol–water partition coefficient (Wildman–Crippen LogP) is 2.03. The van der Waals surface area contributed by atoms with Crippen molar-refractivity contribution in [3.63, 3.8) is 0 Å². The quantitative estimate of drug-likeness (QED) is 0.747. The molecule has 1 amide bonds. The summed E-state index contributed by atoms with van der Waals surface area (Å²) in [5, 5.41) is 19.5. The first-order valence-corrected chi connectivity index (χ1v) is 4.32. The maximum atomic E-state index is 10.3. The number of rotatable bonds is 2. The molecule has 0 aliphatic rings. The van der Waals surface area contributed by atoms with Gasteiger partial charge in [-0.1, -0.05) is 15.9 Å². The Labute approximate surface area is 83.3 Å². The molecule has 0 aromatic heterocycles. The summed E-state index contributed by atoms with van der Waals surface area (Å²) >= 11 is 3.22. The van der Waals surface area contributed by atoms with Crippen molar-refractivity contribution >= 4 is 27.7 Å². The first-order chi connectivity index (χ1) is 6.13. The number of amides is 1. The molecule has 0 radical (unpaired) electrons. The van der Waals surface area contributed by atoms with Gasteiger partial charge in [0.2, 0.25) is 0 Å². The number of aliphatic hydroxyl groups is 1. The van der Waals surface area contributed by atoms with Crippen LogP contribution in [0, 0.1) is 0 Å². The highest BCUT2D eigenvalue weighted by Crippen LogP contribution is 2.20. The van der Waals surface area contributed by atoms with Gasteiger partial charge in [0.05, 0.1) is 6.61 Å². The Bertz CT molecular complexity index is 327. The van der Waals surface area contributed by atoms with Crippen LogP contribution in [0.4, 0.5) is 10.5 Å². The maximum Gasteiger partial charge on any atom is 0.409 e. The van der Waals surface area contributed by atoms with Gasteiger partial charge in [0.1, 0.15) is 0 Å². The fourth-order valence-corrected chi connectivity index (χ4v) is 1.27. The largest absolute Gasteiger partial charge is 0.465 e. The molecule has 1 aromatic carbocycles. The molecule has 5 heteroatoms. The normalized spacial score (nSPS) is 9.69. The van der Waals surface area contributed by atoms with Gasteiger partial charge in [-0.3, -0.25) is 5.32 Å². The average Bonchev–Trinajstić information content (AvgIpc) is 2.07. The Hall–Kier alpha value is -1.07. The van der Waals surface area contributed by atoms with Gasteiger partial charge in [0, 0.05) is 10.2 Å². The Morgan fingerprint density at radius 3 is 2.77 bits per heavy atom. The van der Waals surface area contributed by atoms with E-state index >= 15 is 0 Å². The second-order valence-electron chi connectivity index (χ2n) is 2.39. The van der Waals surface area contributed by atoms with E-state index in [9.17, 15) is 4.79 Å². The number of benzene rings is 1. The summed E-state index contributed by atoms with van der Waals surface area (Å²) in [4.78, 5) is 10.3. The molecule has 0 heterocycles. The van der Waals surface area contributed by atoms with E-state index in [1.165, 1.54) is 0 Å². The minimum Gasteiger partial charge on any atom is -0.465 e. The van der Waals surface area contributed by atoms with E-state index in [1.54, 1.807) is 18.2 Å². The standard InChI is InChI=1S/C8H8BrNO3/c9-7-2-1-6(10-8(12)13)3-5(7)4-11/h1-3,10-11H,4H2,(H,12,13). The smallest absolute Gasteiger partial charge is 0.409 e. The van der Waals surface area contributed by atoms with Crippen LogP contribution in [-0.2, 0) is 6.61 Å². The lowest BCUT2D eigenvalue weighted by atomic mass is 10.2. The molecule has 0 unspecified atom stereocenters. The second-order valence-corrected chi connectivity index (χ2v) is 3.25. The molecule has 70 valence electrons. The molecule has 0 fully saturated rings. The number of carboxylic acid groups (broad SMARTS) is 1.